The number of aromatic nitrogens is 2. The molecule has 0 bridgehead atoms. The molecule has 3 rings (SSSR count). The Morgan fingerprint density at radius 3 is 2.55 bits per heavy atom. The maximum atomic E-state index is 12.5. The average molecular weight is 506 g/mol. The number of sulfonamides is 1. The van der Waals surface area contributed by atoms with Crippen LogP contribution in [0.3, 0.4) is 0 Å². The molecule has 172 valence electrons. The van der Waals surface area contributed by atoms with Gasteiger partial charge in [0.1, 0.15) is 10.6 Å². The number of carbonyl (C=O) groups excluding carboxylic acids is 1. The number of halogens is 1. The quantitative estimate of drug-likeness (QED) is 0.207. The zero-order valence-corrected chi connectivity index (χ0v) is 20.0. The Morgan fingerprint density at radius 2 is 1.88 bits per heavy atom. The van der Waals surface area contributed by atoms with E-state index < -0.39 is 15.9 Å². The minimum atomic E-state index is -4.07. The Balaban J connectivity index is 1.77. The number of nitrogens with zero attached hydrogens (tertiary/aromatic N) is 3. The molecule has 1 heterocycles. The lowest BCUT2D eigenvalue weighted by molar-refractivity contribution is 0.0954. The van der Waals surface area contributed by atoms with E-state index in [1.165, 1.54) is 23.9 Å². The van der Waals surface area contributed by atoms with Crippen molar-refractivity contribution < 1.29 is 17.9 Å². The van der Waals surface area contributed by atoms with Crippen molar-refractivity contribution in [3.05, 3.63) is 76.6 Å². The summed E-state index contributed by atoms with van der Waals surface area (Å²) in [6.45, 7) is 1.73. The first-order valence-electron chi connectivity index (χ1n) is 9.43. The van der Waals surface area contributed by atoms with Crippen molar-refractivity contribution >= 4 is 45.0 Å². The first-order chi connectivity index (χ1) is 15.7. The molecule has 1 aromatic heterocycles. The molecule has 33 heavy (non-hydrogen) atoms. The van der Waals surface area contributed by atoms with Crippen LogP contribution in [0.1, 0.15) is 28.4 Å². The maximum Gasteiger partial charge on any atom is 0.271 e. The summed E-state index contributed by atoms with van der Waals surface area (Å²) >= 11 is 7.32. The molecule has 0 saturated carbocycles. The number of rotatable bonds is 8. The van der Waals surface area contributed by atoms with E-state index in [9.17, 15) is 13.2 Å². The van der Waals surface area contributed by atoms with Gasteiger partial charge < -0.3 is 4.74 Å². The molecule has 0 atom stereocenters. The van der Waals surface area contributed by atoms with Crippen molar-refractivity contribution in [1.29, 1.82) is 0 Å². The fourth-order valence-electron chi connectivity index (χ4n) is 2.75. The number of amides is 1. The van der Waals surface area contributed by atoms with Crippen LogP contribution in [0.25, 0.3) is 0 Å². The number of hydrogen-bond acceptors (Lipinski definition) is 8. The number of methoxy groups -OCH3 is 1. The number of nitrogens with one attached hydrogen (secondary N) is 1. The number of thioether (sulfide) groups is 1. The SMILES string of the molecule is COc1ccc(/C(C)=N/NC(=O)c2ccc(Cl)c(S(N)(=O)=O)c2)cc1CSc1ncccn1. The van der Waals surface area contributed by atoms with Gasteiger partial charge in [-0.2, -0.15) is 5.10 Å². The molecule has 3 N–H and O–H groups in total. The molecule has 0 radical (unpaired) electrons. The van der Waals surface area contributed by atoms with E-state index in [-0.39, 0.29) is 15.5 Å². The van der Waals surface area contributed by atoms with E-state index in [4.69, 9.17) is 21.5 Å². The minimum absolute atomic E-state index is 0.0506. The van der Waals surface area contributed by atoms with Gasteiger partial charge >= 0.3 is 0 Å². The van der Waals surface area contributed by atoms with E-state index in [0.717, 1.165) is 17.2 Å². The summed E-state index contributed by atoms with van der Waals surface area (Å²) in [4.78, 5) is 20.5. The van der Waals surface area contributed by atoms with Gasteiger partial charge in [-0.05, 0) is 55.0 Å². The standard InChI is InChI=1S/C21H20ClN5O4S2/c1-13(26-27-20(28)15-4-6-17(22)19(11-15)33(23,29)30)14-5-7-18(31-2)16(10-14)12-32-21-24-8-3-9-25-21/h3-11H,12H2,1-2H3,(H,27,28)(H2,23,29,30)/b26-13+. The molecule has 0 unspecified atom stereocenters. The lowest BCUT2D eigenvalue weighted by Gasteiger charge is -2.11. The molecule has 3 aromatic rings. The van der Waals surface area contributed by atoms with E-state index in [0.29, 0.717) is 22.4 Å². The molecule has 0 aliphatic heterocycles. The van der Waals surface area contributed by atoms with E-state index >= 15 is 0 Å². The van der Waals surface area contributed by atoms with Crippen LogP contribution in [0.5, 0.6) is 5.75 Å². The Bertz CT molecular complexity index is 1300. The molecule has 9 nitrogen and oxygen atoms in total. The highest BCUT2D eigenvalue weighted by atomic mass is 35.5. The van der Waals surface area contributed by atoms with Gasteiger partial charge in [-0.25, -0.2) is 29.0 Å². The molecule has 0 aliphatic rings. The summed E-state index contributed by atoms with van der Waals surface area (Å²) in [7, 11) is -2.48. The fraction of sp³-hybridized carbons (Fsp3) is 0.143. The average Bonchev–Trinajstić information content (AvgIpc) is 2.81. The summed E-state index contributed by atoms with van der Waals surface area (Å²) < 4.78 is 28.7. The van der Waals surface area contributed by atoms with Crippen molar-refractivity contribution in [2.75, 3.05) is 7.11 Å². The number of hydrazone groups is 1. The molecule has 2 aromatic carbocycles. The molecule has 0 spiro atoms. The van der Waals surface area contributed by atoms with Gasteiger partial charge in [0.05, 0.1) is 17.8 Å². The smallest absolute Gasteiger partial charge is 0.271 e. The normalized spacial score (nSPS) is 11.8. The topological polar surface area (TPSA) is 137 Å². The Hall–Kier alpha value is -2.99. The molecule has 0 fully saturated rings. The van der Waals surface area contributed by atoms with Crippen LogP contribution in [0.15, 0.2) is 70.0 Å². The number of carbonyl (C=O) groups is 1. The number of nitrogens with two attached hydrogens (primary N) is 1. The number of benzene rings is 2. The summed E-state index contributed by atoms with van der Waals surface area (Å²) in [5.41, 5.74) is 4.67. The number of ether oxygens (including phenoxy) is 1. The van der Waals surface area contributed by atoms with Crippen LogP contribution in [0, 0.1) is 0 Å². The summed E-state index contributed by atoms with van der Waals surface area (Å²) in [6, 6.07) is 11.1. The van der Waals surface area contributed by atoms with Gasteiger partial charge in [0, 0.05) is 29.3 Å². The molecule has 0 aliphatic carbocycles. The predicted octanol–water partition coefficient (Wildman–Crippen LogP) is 3.23. The second-order valence-corrected chi connectivity index (χ2v) is 9.55. The molecule has 0 saturated heterocycles. The van der Waals surface area contributed by atoms with Crippen LogP contribution >= 0.6 is 23.4 Å². The van der Waals surface area contributed by atoms with Crippen molar-refractivity contribution in [3.63, 3.8) is 0 Å². The predicted molar refractivity (Wildman–Crippen MR) is 127 cm³/mol. The molecule has 1 amide bonds. The Kier molecular flexibility index (Phi) is 8.03. The number of hydrogen-bond donors (Lipinski definition) is 2. The highest BCUT2D eigenvalue weighted by molar-refractivity contribution is 7.98. The van der Waals surface area contributed by atoms with Crippen molar-refractivity contribution in [3.8, 4) is 5.75 Å². The molecular formula is C21H20ClN5O4S2. The second-order valence-electron chi connectivity index (χ2n) is 6.68. The van der Waals surface area contributed by atoms with Crippen LogP contribution in [0.4, 0.5) is 0 Å². The summed E-state index contributed by atoms with van der Waals surface area (Å²) in [5, 5.41) is 9.84. The van der Waals surface area contributed by atoms with Gasteiger partial charge in [0.2, 0.25) is 10.0 Å². The van der Waals surface area contributed by atoms with Crippen LogP contribution < -0.4 is 15.3 Å². The fourth-order valence-corrected chi connectivity index (χ4v) is 4.60. The summed E-state index contributed by atoms with van der Waals surface area (Å²) in [5.74, 6) is 0.666. The third kappa shape index (κ3) is 6.51. The van der Waals surface area contributed by atoms with Crippen molar-refractivity contribution in [2.24, 2.45) is 10.2 Å². The summed E-state index contributed by atoms with van der Waals surface area (Å²) in [6.07, 6.45) is 3.35. The van der Waals surface area contributed by atoms with Gasteiger partial charge in [-0.1, -0.05) is 23.4 Å². The van der Waals surface area contributed by atoms with Crippen LogP contribution in [0.2, 0.25) is 5.02 Å². The lowest BCUT2D eigenvalue weighted by atomic mass is 10.1. The van der Waals surface area contributed by atoms with Gasteiger partial charge in [0.15, 0.2) is 5.16 Å². The van der Waals surface area contributed by atoms with E-state index in [2.05, 4.69) is 20.5 Å². The lowest BCUT2D eigenvalue weighted by Crippen LogP contribution is -2.20. The molecule has 12 heteroatoms. The zero-order chi connectivity index (χ0) is 24.0. The second kappa shape index (κ2) is 10.8. The number of primary sulfonamides is 1. The van der Waals surface area contributed by atoms with Gasteiger partial charge in [0.25, 0.3) is 5.91 Å². The Morgan fingerprint density at radius 1 is 1.18 bits per heavy atom. The van der Waals surface area contributed by atoms with Crippen molar-refractivity contribution in [1.82, 2.24) is 15.4 Å². The molecular weight excluding hydrogens is 486 g/mol. The third-order valence-corrected chi connectivity index (χ3v) is 6.74. The van der Waals surface area contributed by atoms with Crippen LogP contribution in [-0.4, -0.2) is 37.1 Å². The highest BCUT2D eigenvalue weighted by Crippen LogP contribution is 2.27. The van der Waals surface area contributed by atoms with Gasteiger partial charge in [-0.15, -0.1) is 0 Å². The van der Waals surface area contributed by atoms with Crippen LogP contribution in [-0.2, 0) is 15.8 Å². The zero-order valence-electron chi connectivity index (χ0n) is 17.6. The first-order valence-corrected chi connectivity index (χ1v) is 12.3. The monoisotopic (exact) mass is 505 g/mol. The van der Waals surface area contributed by atoms with Gasteiger partial charge in [-0.3, -0.25) is 4.79 Å². The minimum Gasteiger partial charge on any atom is -0.496 e. The maximum absolute atomic E-state index is 12.5. The first kappa shape index (κ1) is 24.6. The van der Waals surface area contributed by atoms with E-state index in [1.807, 2.05) is 18.2 Å². The Labute approximate surface area is 200 Å². The van der Waals surface area contributed by atoms with E-state index in [1.54, 1.807) is 32.5 Å². The largest absolute Gasteiger partial charge is 0.496 e. The third-order valence-electron chi connectivity index (χ3n) is 4.42. The highest BCUT2D eigenvalue weighted by Gasteiger charge is 2.16. The van der Waals surface area contributed by atoms with Crippen molar-refractivity contribution in [2.45, 2.75) is 22.7 Å².